The van der Waals surface area contributed by atoms with Gasteiger partial charge in [-0.2, -0.15) is 0 Å². The fraction of sp³-hybridized carbons (Fsp3) is 0.286. The molecular formula is C14H14BrClO. The van der Waals surface area contributed by atoms with Crippen molar-refractivity contribution in [2.45, 2.75) is 25.6 Å². The zero-order chi connectivity index (χ0) is 12.6. The molecule has 1 nitrogen and oxygen atoms in total. The van der Waals surface area contributed by atoms with Crippen molar-refractivity contribution in [3.8, 4) is 0 Å². The highest BCUT2D eigenvalue weighted by Gasteiger charge is 2.19. The Morgan fingerprint density at radius 1 is 1.12 bits per heavy atom. The van der Waals surface area contributed by atoms with Gasteiger partial charge in [0.2, 0.25) is 0 Å². The van der Waals surface area contributed by atoms with Crippen LogP contribution in [0.1, 0.15) is 32.8 Å². The normalized spacial score (nSPS) is 12.8. The molecule has 90 valence electrons. The van der Waals surface area contributed by atoms with Gasteiger partial charge >= 0.3 is 0 Å². The van der Waals surface area contributed by atoms with Crippen LogP contribution >= 0.6 is 27.5 Å². The summed E-state index contributed by atoms with van der Waals surface area (Å²) in [5.74, 6) is 0.912. The van der Waals surface area contributed by atoms with Crippen LogP contribution in [0.3, 0.4) is 0 Å². The minimum Gasteiger partial charge on any atom is -0.468 e. The maximum Gasteiger partial charge on any atom is 0.124 e. The van der Waals surface area contributed by atoms with Crippen molar-refractivity contribution in [2.75, 3.05) is 0 Å². The summed E-state index contributed by atoms with van der Waals surface area (Å²) in [5.41, 5.74) is 4.61. The molecule has 3 heteroatoms. The van der Waals surface area contributed by atoms with Crippen molar-refractivity contribution in [1.82, 2.24) is 0 Å². The molecule has 0 amide bonds. The summed E-state index contributed by atoms with van der Waals surface area (Å²) in [6.07, 6.45) is 1.70. The zero-order valence-electron chi connectivity index (χ0n) is 10.1. The zero-order valence-corrected chi connectivity index (χ0v) is 12.4. The van der Waals surface area contributed by atoms with Crippen LogP contribution in [0, 0.1) is 20.8 Å². The smallest absolute Gasteiger partial charge is 0.124 e. The van der Waals surface area contributed by atoms with Gasteiger partial charge in [0, 0.05) is 5.02 Å². The van der Waals surface area contributed by atoms with E-state index in [4.69, 9.17) is 16.0 Å². The monoisotopic (exact) mass is 312 g/mol. The lowest BCUT2D eigenvalue weighted by Crippen LogP contribution is -1.96. The Balaban J connectivity index is 2.48. The highest BCUT2D eigenvalue weighted by molar-refractivity contribution is 9.09. The molecule has 1 heterocycles. The summed E-state index contributed by atoms with van der Waals surface area (Å²) in [4.78, 5) is 0.00398. The second kappa shape index (κ2) is 4.87. The Bertz CT molecular complexity index is 545. The van der Waals surface area contributed by atoms with Gasteiger partial charge < -0.3 is 4.42 Å². The van der Waals surface area contributed by atoms with E-state index in [1.165, 1.54) is 11.1 Å². The summed E-state index contributed by atoms with van der Waals surface area (Å²) in [5, 5.41) is 0.769. The number of aryl methyl sites for hydroxylation is 3. The summed E-state index contributed by atoms with van der Waals surface area (Å²) in [6, 6.07) is 6.07. The molecule has 0 spiro atoms. The van der Waals surface area contributed by atoms with Crippen molar-refractivity contribution in [1.29, 1.82) is 0 Å². The molecule has 0 fully saturated rings. The Labute approximate surface area is 115 Å². The van der Waals surface area contributed by atoms with Crippen LogP contribution < -0.4 is 0 Å². The van der Waals surface area contributed by atoms with Gasteiger partial charge in [0.1, 0.15) is 5.76 Å². The van der Waals surface area contributed by atoms with Crippen LogP contribution in [0.5, 0.6) is 0 Å². The standard InChI is InChI=1S/C14H14BrClO/c1-8-4-5-17-14(8)13(15)11-6-9(2)10(3)7-12(11)16/h4-7,13H,1-3H3. The van der Waals surface area contributed by atoms with Crippen LogP contribution in [-0.4, -0.2) is 0 Å². The van der Waals surface area contributed by atoms with Crippen LogP contribution in [0.25, 0.3) is 0 Å². The summed E-state index contributed by atoms with van der Waals surface area (Å²) >= 11 is 9.95. The number of benzene rings is 1. The van der Waals surface area contributed by atoms with Crippen LogP contribution in [0.4, 0.5) is 0 Å². The second-order valence-corrected chi connectivity index (χ2v) is 5.61. The van der Waals surface area contributed by atoms with Crippen LogP contribution in [-0.2, 0) is 0 Å². The summed E-state index contributed by atoms with van der Waals surface area (Å²) in [7, 11) is 0. The third-order valence-corrected chi connectivity index (χ3v) is 4.25. The van der Waals surface area contributed by atoms with E-state index in [0.717, 1.165) is 21.9 Å². The van der Waals surface area contributed by atoms with Crippen molar-refractivity contribution < 1.29 is 4.42 Å². The molecule has 0 saturated heterocycles. The quantitative estimate of drug-likeness (QED) is 0.682. The first-order chi connectivity index (χ1) is 8.00. The predicted octanol–water partition coefficient (Wildman–Crippen LogP) is 5.34. The molecule has 0 bridgehead atoms. The number of rotatable bonds is 2. The first-order valence-corrected chi connectivity index (χ1v) is 6.74. The van der Waals surface area contributed by atoms with Crippen molar-refractivity contribution in [3.05, 3.63) is 57.5 Å². The minimum atomic E-state index is 0.00398. The van der Waals surface area contributed by atoms with E-state index in [9.17, 15) is 0 Å². The molecule has 0 aliphatic rings. The Morgan fingerprint density at radius 3 is 2.35 bits per heavy atom. The third-order valence-electron chi connectivity index (χ3n) is 3.02. The molecule has 1 unspecified atom stereocenters. The van der Waals surface area contributed by atoms with Gasteiger partial charge in [0.15, 0.2) is 0 Å². The molecule has 2 aromatic rings. The number of halogens is 2. The molecule has 0 aliphatic heterocycles. The lowest BCUT2D eigenvalue weighted by Gasteiger charge is -2.13. The van der Waals surface area contributed by atoms with Gasteiger partial charge in [-0.25, -0.2) is 0 Å². The van der Waals surface area contributed by atoms with Crippen LogP contribution in [0.15, 0.2) is 28.9 Å². The SMILES string of the molecule is Cc1cc(Cl)c(C(Br)c2occc2C)cc1C. The van der Waals surface area contributed by atoms with Gasteiger partial charge in [-0.05, 0) is 55.2 Å². The second-order valence-electron chi connectivity index (χ2n) is 4.29. The molecule has 0 N–H and O–H groups in total. The maximum atomic E-state index is 6.29. The van der Waals surface area contributed by atoms with E-state index < -0.39 is 0 Å². The van der Waals surface area contributed by atoms with Gasteiger partial charge in [0.05, 0.1) is 11.1 Å². The maximum absolute atomic E-state index is 6.29. The fourth-order valence-electron chi connectivity index (χ4n) is 1.78. The first-order valence-electron chi connectivity index (χ1n) is 5.45. The number of hydrogen-bond acceptors (Lipinski definition) is 1. The van der Waals surface area contributed by atoms with Crippen LogP contribution in [0.2, 0.25) is 5.02 Å². The minimum absolute atomic E-state index is 0.00398. The van der Waals surface area contributed by atoms with Crippen molar-refractivity contribution >= 4 is 27.5 Å². The molecule has 1 atom stereocenters. The molecule has 1 aromatic carbocycles. The molecular weight excluding hydrogens is 300 g/mol. The number of furan rings is 1. The van der Waals surface area contributed by atoms with Crippen molar-refractivity contribution in [2.24, 2.45) is 0 Å². The Kier molecular flexibility index (Phi) is 3.64. The summed E-state index contributed by atoms with van der Waals surface area (Å²) in [6.45, 7) is 6.18. The van der Waals surface area contributed by atoms with E-state index >= 15 is 0 Å². The topological polar surface area (TPSA) is 13.1 Å². The predicted molar refractivity (Wildman–Crippen MR) is 75.1 cm³/mol. The highest BCUT2D eigenvalue weighted by Crippen LogP contribution is 2.38. The van der Waals surface area contributed by atoms with Gasteiger partial charge in [-0.3, -0.25) is 0 Å². The molecule has 0 saturated carbocycles. The fourth-order valence-corrected chi connectivity index (χ4v) is 3.09. The molecule has 1 aromatic heterocycles. The highest BCUT2D eigenvalue weighted by atomic mass is 79.9. The van der Waals surface area contributed by atoms with E-state index in [1.807, 2.05) is 19.1 Å². The average Bonchev–Trinajstić information content (AvgIpc) is 2.69. The lowest BCUT2D eigenvalue weighted by molar-refractivity contribution is 0.517. The van der Waals surface area contributed by atoms with Gasteiger partial charge in [-0.1, -0.05) is 33.6 Å². The number of hydrogen-bond donors (Lipinski definition) is 0. The van der Waals surface area contributed by atoms with E-state index in [2.05, 4.69) is 35.8 Å². The average molecular weight is 314 g/mol. The molecule has 0 aliphatic carbocycles. The molecule has 0 radical (unpaired) electrons. The van der Waals surface area contributed by atoms with Gasteiger partial charge in [0.25, 0.3) is 0 Å². The number of alkyl halides is 1. The Morgan fingerprint density at radius 2 is 1.76 bits per heavy atom. The Hall–Kier alpha value is -0.730. The van der Waals surface area contributed by atoms with E-state index in [-0.39, 0.29) is 4.83 Å². The van der Waals surface area contributed by atoms with Crippen molar-refractivity contribution in [3.63, 3.8) is 0 Å². The van der Waals surface area contributed by atoms with Gasteiger partial charge in [-0.15, -0.1) is 0 Å². The third kappa shape index (κ3) is 2.43. The molecule has 2 rings (SSSR count). The summed E-state index contributed by atoms with van der Waals surface area (Å²) < 4.78 is 5.50. The first kappa shape index (κ1) is 12.7. The van der Waals surface area contributed by atoms with E-state index in [0.29, 0.717) is 0 Å². The molecule has 17 heavy (non-hydrogen) atoms. The lowest BCUT2D eigenvalue weighted by atomic mass is 10.0. The van der Waals surface area contributed by atoms with E-state index in [1.54, 1.807) is 6.26 Å². The largest absolute Gasteiger partial charge is 0.468 e.